The fraction of sp³-hybridized carbons (Fsp3) is 0.0833. The number of hydrogen-bond acceptors (Lipinski definition) is 2. The number of nitrogens with one attached hydrogen (secondary N) is 1. The minimum atomic E-state index is -0.156. The van der Waals surface area contributed by atoms with Crippen LogP contribution < -0.4 is 5.32 Å². The molecule has 0 radical (unpaired) electrons. The largest absolute Gasteiger partial charge is 0.508 e. The molecular formula is C24H17Cl2NO. The lowest BCUT2D eigenvalue weighted by atomic mass is 9.82. The van der Waals surface area contributed by atoms with E-state index in [1.54, 1.807) is 6.07 Å². The first-order valence-corrected chi connectivity index (χ1v) is 9.89. The van der Waals surface area contributed by atoms with Crippen molar-refractivity contribution in [1.82, 2.24) is 5.32 Å². The summed E-state index contributed by atoms with van der Waals surface area (Å²) in [6.45, 7) is 0. The predicted molar refractivity (Wildman–Crippen MR) is 115 cm³/mol. The second-order valence-electron chi connectivity index (χ2n) is 7.08. The van der Waals surface area contributed by atoms with E-state index in [4.69, 9.17) is 23.2 Å². The molecule has 0 spiro atoms. The molecule has 2 unspecified atom stereocenters. The van der Waals surface area contributed by atoms with E-state index in [9.17, 15) is 5.11 Å². The number of phenolic OH excluding ortho intramolecular Hbond substituents is 1. The molecule has 0 amide bonds. The number of phenols is 1. The molecular weight excluding hydrogens is 389 g/mol. The van der Waals surface area contributed by atoms with Crippen LogP contribution in [0.2, 0.25) is 10.0 Å². The molecule has 0 aliphatic carbocycles. The molecule has 0 saturated carbocycles. The van der Waals surface area contributed by atoms with Crippen molar-refractivity contribution < 1.29 is 5.11 Å². The molecule has 1 aliphatic rings. The number of halogens is 2. The van der Waals surface area contributed by atoms with E-state index in [2.05, 4.69) is 23.5 Å². The Kier molecular flexibility index (Phi) is 4.28. The van der Waals surface area contributed by atoms with Crippen molar-refractivity contribution in [3.8, 4) is 5.75 Å². The maximum Gasteiger partial charge on any atom is 0.121 e. The van der Waals surface area contributed by atoms with Crippen LogP contribution in [-0.2, 0) is 0 Å². The Balaban J connectivity index is 1.78. The zero-order chi connectivity index (χ0) is 19.3. The van der Waals surface area contributed by atoms with Gasteiger partial charge in [-0.1, -0.05) is 71.7 Å². The maximum atomic E-state index is 10.8. The first-order chi connectivity index (χ1) is 13.6. The predicted octanol–water partition coefficient (Wildman–Crippen LogP) is 6.63. The van der Waals surface area contributed by atoms with Crippen LogP contribution in [0.15, 0.2) is 78.9 Å². The van der Waals surface area contributed by atoms with Gasteiger partial charge in [-0.3, -0.25) is 5.32 Å². The Morgan fingerprint density at radius 3 is 1.93 bits per heavy atom. The monoisotopic (exact) mass is 405 g/mol. The van der Waals surface area contributed by atoms with Gasteiger partial charge in [-0.2, -0.15) is 0 Å². The number of benzene rings is 4. The van der Waals surface area contributed by atoms with Gasteiger partial charge in [0.05, 0.1) is 12.1 Å². The molecule has 0 aromatic heterocycles. The Hall–Kier alpha value is -2.52. The van der Waals surface area contributed by atoms with E-state index in [1.165, 1.54) is 0 Å². The fourth-order valence-electron chi connectivity index (χ4n) is 4.15. The van der Waals surface area contributed by atoms with Crippen molar-refractivity contribution in [2.24, 2.45) is 0 Å². The Morgan fingerprint density at radius 1 is 0.679 bits per heavy atom. The van der Waals surface area contributed by atoms with Gasteiger partial charge in [0.25, 0.3) is 0 Å². The summed E-state index contributed by atoms with van der Waals surface area (Å²) in [5.74, 6) is 0.293. The zero-order valence-corrected chi connectivity index (χ0v) is 16.4. The lowest BCUT2D eigenvalue weighted by molar-refractivity contribution is 0.448. The molecule has 0 saturated heterocycles. The highest BCUT2D eigenvalue weighted by Crippen LogP contribution is 2.45. The molecule has 4 aromatic rings. The molecule has 5 rings (SSSR count). The standard InChI is InChI=1S/C24H17Cl2NO/c25-17-9-4-15(5-10-17)23-19-3-1-2-14-8-13-20(28)22(21(14)19)24(27-23)16-6-11-18(26)12-7-16/h1-13,23-24,27-28H. The summed E-state index contributed by atoms with van der Waals surface area (Å²) in [6.07, 6.45) is 0. The summed E-state index contributed by atoms with van der Waals surface area (Å²) < 4.78 is 0. The van der Waals surface area contributed by atoms with Crippen molar-refractivity contribution >= 4 is 34.0 Å². The van der Waals surface area contributed by atoms with E-state index in [-0.39, 0.29) is 12.1 Å². The highest BCUT2D eigenvalue weighted by atomic mass is 35.5. The zero-order valence-electron chi connectivity index (χ0n) is 14.9. The minimum Gasteiger partial charge on any atom is -0.508 e. The van der Waals surface area contributed by atoms with Gasteiger partial charge in [0.2, 0.25) is 0 Å². The Morgan fingerprint density at radius 2 is 1.29 bits per heavy atom. The van der Waals surface area contributed by atoms with Crippen molar-refractivity contribution in [1.29, 1.82) is 0 Å². The number of aromatic hydroxyl groups is 1. The highest BCUT2D eigenvalue weighted by molar-refractivity contribution is 6.30. The van der Waals surface area contributed by atoms with Gasteiger partial charge in [-0.05, 0) is 57.8 Å². The van der Waals surface area contributed by atoms with Crippen molar-refractivity contribution in [3.63, 3.8) is 0 Å². The van der Waals surface area contributed by atoms with E-state index in [1.807, 2.05) is 54.6 Å². The minimum absolute atomic E-state index is 0.0176. The molecule has 28 heavy (non-hydrogen) atoms. The summed E-state index contributed by atoms with van der Waals surface area (Å²) in [7, 11) is 0. The van der Waals surface area contributed by atoms with Gasteiger partial charge in [-0.15, -0.1) is 0 Å². The molecule has 4 heteroatoms. The quantitative estimate of drug-likeness (QED) is 0.391. The SMILES string of the molecule is Oc1ccc2cccc3c2c1C(c1ccc(Cl)cc1)NC3c1ccc(Cl)cc1. The normalized spacial score (nSPS) is 18.4. The Bertz CT molecular complexity index is 1170. The summed E-state index contributed by atoms with van der Waals surface area (Å²) in [4.78, 5) is 0. The van der Waals surface area contributed by atoms with Crippen LogP contribution in [0.4, 0.5) is 0 Å². The maximum absolute atomic E-state index is 10.8. The third kappa shape index (κ3) is 2.85. The van der Waals surface area contributed by atoms with E-state index in [0.717, 1.165) is 33.0 Å². The average molecular weight is 406 g/mol. The van der Waals surface area contributed by atoms with Gasteiger partial charge in [-0.25, -0.2) is 0 Å². The van der Waals surface area contributed by atoms with Crippen LogP contribution in [0, 0.1) is 0 Å². The van der Waals surface area contributed by atoms with Crippen LogP contribution in [0.5, 0.6) is 5.75 Å². The summed E-state index contributed by atoms with van der Waals surface area (Å²) >= 11 is 12.2. The molecule has 2 nitrogen and oxygen atoms in total. The van der Waals surface area contributed by atoms with E-state index in [0.29, 0.717) is 15.8 Å². The Labute approximate surface area is 173 Å². The van der Waals surface area contributed by atoms with Crippen LogP contribution in [0.3, 0.4) is 0 Å². The molecule has 4 aromatic carbocycles. The smallest absolute Gasteiger partial charge is 0.121 e. The van der Waals surface area contributed by atoms with Gasteiger partial charge in [0.15, 0.2) is 0 Å². The molecule has 2 atom stereocenters. The average Bonchev–Trinajstić information content (AvgIpc) is 2.72. The van der Waals surface area contributed by atoms with Crippen molar-refractivity contribution in [2.75, 3.05) is 0 Å². The van der Waals surface area contributed by atoms with Gasteiger partial charge >= 0.3 is 0 Å². The number of rotatable bonds is 2. The highest BCUT2D eigenvalue weighted by Gasteiger charge is 2.32. The number of hydrogen-bond donors (Lipinski definition) is 2. The molecule has 0 fully saturated rings. The van der Waals surface area contributed by atoms with Crippen LogP contribution in [0.1, 0.15) is 34.3 Å². The van der Waals surface area contributed by atoms with E-state index < -0.39 is 0 Å². The van der Waals surface area contributed by atoms with Gasteiger partial charge in [0.1, 0.15) is 5.75 Å². The third-order valence-electron chi connectivity index (χ3n) is 5.43. The second kappa shape index (κ2) is 6.82. The molecule has 2 N–H and O–H groups in total. The van der Waals surface area contributed by atoms with E-state index >= 15 is 0 Å². The lowest BCUT2D eigenvalue weighted by Crippen LogP contribution is -2.32. The topological polar surface area (TPSA) is 32.3 Å². The van der Waals surface area contributed by atoms with Crippen LogP contribution in [0.25, 0.3) is 10.8 Å². The molecule has 1 aliphatic heterocycles. The lowest BCUT2D eigenvalue weighted by Gasteiger charge is -2.35. The van der Waals surface area contributed by atoms with Gasteiger partial charge in [0, 0.05) is 15.6 Å². The summed E-state index contributed by atoms with van der Waals surface area (Å²) in [5.41, 5.74) is 4.24. The summed E-state index contributed by atoms with van der Waals surface area (Å²) in [5, 5.41) is 18.1. The first kappa shape index (κ1) is 17.6. The summed E-state index contributed by atoms with van der Waals surface area (Å²) in [6, 6.07) is 25.5. The molecule has 1 heterocycles. The van der Waals surface area contributed by atoms with Gasteiger partial charge < -0.3 is 5.11 Å². The second-order valence-corrected chi connectivity index (χ2v) is 7.95. The first-order valence-electron chi connectivity index (χ1n) is 9.13. The van der Waals surface area contributed by atoms with Crippen LogP contribution >= 0.6 is 23.2 Å². The molecule has 138 valence electrons. The van der Waals surface area contributed by atoms with Crippen LogP contribution in [-0.4, -0.2) is 5.11 Å². The molecule has 0 bridgehead atoms. The fourth-order valence-corrected chi connectivity index (χ4v) is 4.40. The van der Waals surface area contributed by atoms with Crippen molar-refractivity contribution in [2.45, 2.75) is 12.1 Å². The third-order valence-corrected chi connectivity index (χ3v) is 5.94. The van der Waals surface area contributed by atoms with Crippen molar-refractivity contribution in [3.05, 3.63) is 111 Å².